The molecule has 0 spiro atoms. The Kier molecular flexibility index (Phi) is 5.84. The Morgan fingerprint density at radius 3 is 2.56 bits per heavy atom. The fourth-order valence-electron chi connectivity index (χ4n) is 4.74. The number of benzene rings is 3. The van der Waals surface area contributed by atoms with Gasteiger partial charge in [0.1, 0.15) is 5.75 Å². The van der Waals surface area contributed by atoms with E-state index in [4.69, 9.17) is 4.74 Å². The molecule has 2 heterocycles. The van der Waals surface area contributed by atoms with Gasteiger partial charge in [-0.25, -0.2) is 4.79 Å². The highest BCUT2D eigenvalue weighted by molar-refractivity contribution is 5.91. The van der Waals surface area contributed by atoms with E-state index in [1.807, 2.05) is 61.2 Å². The minimum Gasteiger partial charge on any atom is -0.494 e. The standard InChI is InChI=1S/C29H29N3O2/c1-4-34-24-14-12-22(13-15-24)28-27-10-7-17-31(27)26-9-6-5-8-23(26)19-32(28)29(33)30-25-16-11-20(2)18-21(25)3/h5-18,28H,4,19H2,1-3H3,(H,30,33)/t28-/m1/s1. The molecule has 0 radical (unpaired) electrons. The number of hydrogen-bond acceptors (Lipinski definition) is 2. The van der Waals surface area contributed by atoms with Crippen LogP contribution in [-0.2, 0) is 6.54 Å². The number of aryl methyl sites for hydroxylation is 2. The quantitative estimate of drug-likeness (QED) is 0.378. The van der Waals surface area contributed by atoms with Crippen LogP contribution in [0.1, 0.15) is 40.9 Å². The second-order valence-corrected chi connectivity index (χ2v) is 8.71. The minimum absolute atomic E-state index is 0.129. The topological polar surface area (TPSA) is 46.5 Å². The Balaban J connectivity index is 1.60. The number of hydrogen-bond donors (Lipinski definition) is 1. The van der Waals surface area contributed by atoms with Crippen LogP contribution in [-0.4, -0.2) is 22.1 Å². The van der Waals surface area contributed by atoms with Crippen molar-refractivity contribution in [2.45, 2.75) is 33.4 Å². The molecule has 1 aliphatic rings. The van der Waals surface area contributed by atoms with E-state index in [0.717, 1.165) is 39.5 Å². The second kappa shape index (κ2) is 9.10. The maximum absolute atomic E-state index is 13.8. The number of nitrogens with zero attached hydrogens (tertiary/aromatic N) is 2. The summed E-state index contributed by atoms with van der Waals surface area (Å²) in [6.45, 7) is 7.16. The van der Waals surface area contributed by atoms with Crippen molar-refractivity contribution >= 4 is 11.7 Å². The molecule has 4 aromatic rings. The normalized spacial score (nSPS) is 14.7. The number of fused-ring (bicyclic) bond motifs is 3. The summed E-state index contributed by atoms with van der Waals surface area (Å²) in [5, 5.41) is 3.17. The highest BCUT2D eigenvalue weighted by atomic mass is 16.5. The molecular weight excluding hydrogens is 422 g/mol. The van der Waals surface area contributed by atoms with E-state index in [1.54, 1.807) is 0 Å². The second-order valence-electron chi connectivity index (χ2n) is 8.71. The molecule has 5 nitrogen and oxygen atoms in total. The molecule has 1 atom stereocenters. The van der Waals surface area contributed by atoms with Crippen LogP contribution < -0.4 is 10.1 Å². The smallest absolute Gasteiger partial charge is 0.322 e. The van der Waals surface area contributed by atoms with Gasteiger partial charge in [-0.3, -0.25) is 0 Å². The Labute approximate surface area is 200 Å². The van der Waals surface area contributed by atoms with Gasteiger partial charge in [0.2, 0.25) is 0 Å². The van der Waals surface area contributed by atoms with Crippen molar-refractivity contribution in [3.05, 3.63) is 113 Å². The van der Waals surface area contributed by atoms with Gasteiger partial charge in [-0.1, -0.05) is 48.0 Å². The van der Waals surface area contributed by atoms with Crippen LogP contribution in [0.4, 0.5) is 10.5 Å². The van der Waals surface area contributed by atoms with Crippen molar-refractivity contribution in [2.24, 2.45) is 0 Å². The summed E-state index contributed by atoms with van der Waals surface area (Å²) in [5.41, 5.74) is 7.32. The van der Waals surface area contributed by atoms with Crippen LogP contribution in [0.3, 0.4) is 0 Å². The van der Waals surface area contributed by atoms with Gasteiger partial charge in [-0.15, -0.1) is 0 Å². The maximum atomic E-state index is 13.8. The van der Waals surface area contributed by atoms with E-state index in [9.17, 15) is 4.79 Å². The zero-order chi connectivity index (χ0) is 23.7. The molecule has 1 N–H and O–H groups in total. The van der Waals surface area contributed by atoms with Crippen molar-refractivity contribution in [1.29, 1.82) is 0 Å². The number of ether oxygens (including phenoxy) is 1. The van der Waals surface area contributed by atoms with Crippen LogP contribution >= 0.6 is 0 Å². The number of para-hydroxylation sites is 1. The van der Waals surface area contributed by atoms with E-state index >= 15 is 0 Å². The highest BCUT2D eigenvalue weighted by Crippen LogP contribution is 2.37. The molecule has 0 aliphatic carbocycles. The third-order valence-corrected chi connectivity index (χ3v) is 6.36. The van der Waals surface area contributed by atoms with E-state index in [-0.39, 0.29) is 12.1 Å². The fourth-order valence-corrected chi connectivity index (χ4v) is 4.74. The SMILES string of the molecule is CCOc1ccc([C@@H]2c3cccn3-c3ccccc3CN2C(=O)Nc2ccc(C)cc2C)cc1. The largest absolute Gasteiger partial charge is 0.494 e. The number of carbonyl (C=O) groups is 1. The average Bonchev–Trinajstić information content (AvgIpc) is 3.26. The molecule has 3 aromatic carbocycles. The molecule has 2 amide bonds. The number of rotatable bonds is 4. The van der Waals surface area contributed by atoms with Crippen molar-refractivity contribution in [3.8, 4) is 11.4 Å². The van der Waals surface area contributed by atoms with Gasteiger partial charge in [0.05, 0.1) is 24.9 Å². The van der Waals surface area contributed by atoms with Crippen molar-refractivity contribution in [3.63, 3.8) is 0 Å². The summed E-state index contributed by atoms with van der Waals surface area (Å²) in [4.78, 5) is 15.8. The van der Waals surface area contributed by atoms with Crippen LogP contribution in [0.5, 0.6) is 5.75 Å². The highest BCUT2D eigenvalue weighted by Gasteiger charge is 2.33. The lowest BCUT2D eigenvalue weighted by Gasteiger charge is -2.31. The third kappa shape index (κ3) is 4.05. The zero-order valence-electron chi connectivity index (χ0n) is 19.8. The van der Waals surface area contributed by atoms with Gasteiger partial charge in [0, 0.05) is 17.6 Å². The molecular formula is C29H29N3O2. The lowest BCUT2D eigenvalue weighted by Crippen LogP contribution is -2.38. The molecule has 0 fully saturated rings. The first-order chi connectivity index (χ1) is 16.5. The first-order valence-electron chi connectivity index (χ1n) is 11.7. The first kappa shape index (κ1) is 21.8. The van der Waals surface area contributed by atoms with Gasteiger partial charge < -0.3 is 19.5 Å². The number of carbonyl (C=O) groups excluding carboxylic acids is 1. The van der Waals surface area contributed by atoms with Crippen molar-refractivity contribution in [1.82, 2.24) is 9.47 Å². The van der Waals surface area contributed by atoms with Crippen molar-refractivity contribution in [2.75, 3.05) is 11.9 Å². The molecule has 0 unspecified atom stereocenters. The molecule has 172 valence electrons. The number of urea groups is 1. The number of aromatic nitrogens is 1. The summed E-state index contributed by atoms with van der Waals surface area (Å²) >= 11 is 0. The molecule has 1 aliphatic heterocycles. The predicted octanol–water partition coefficient (Wildman–Crippen LogP) is 6.63. The van der Waals surface area contributed by atoms with Gasteiger partial charge in [0.25, 0.3) is 0 Å². The van der Waals surface area contributed by atoms with E-state index in [0.29, 0.717) is 13.2 Å². The molecule has 5 rings (SSSR count). The van der Waals surface area contributed by atoms with Crippen LogP contribution in [0.2, 0.25) is 0 Å². The first-order valence-corrected chi connectivity index (χ1v) is 11.7. The monoisotopic (exact) mass is 451 g/mol. The molecule has 34 heavy (non-hydrogen) atoms. The zero-order valence-corrected chi connectivity index (χ0v) is 19.8. The lowest BCUT2D eigenvalue weighted by atomic mass is 10.0. The predicted molar refractivity (Wildman–Crippen MR) is 136 cm³/mol. The summed E-state index contributed by atoms with van der Waals surface area (Å²) in [6.07, 6.45) is 2.07. The van der Waals surface area contributed by atoms with Crippen molar-refractivity contribution < 1.29 is 9.53 Å². The van der Waals surface area contributed by atoms with Gasteiger partial charge >= 0.3 is 6.03 Å². The lowest BCUT2D eigenvalue weighted by molar-refractivity contribution is 0.194. The van der Waals surface area contributed by atoms with Gasteiger partial charge in [0.15, 0.2) is 0 Å². The maximum Gasteiger partial charge on any atom is 0.322 e. The average molecular weight is 452 g/mol. The van der Waals surface area contributed by atoms with Crippen LogP contribution in [0, 0.1) is 13.8 Å². The van der Waals surface area contributed by atoms with E-state index < -0.39 is 0 Å². The summed E-state index contributed by atoms with van der Waals surface area (Å²) in [6, 6.07) is 26.2. The molecule has 0 saturated carbocycles. The summed E-state index contributed by atoms with van der Waals surface area (Å²) in [7, 11) is 0. The fraction of sp³-hybridized carbons (Fsp3) is 0.207. The summed E-state index contributed by atoms with van der Waals surface area (Å²) < 4.78 is 7.85. The molecule has 1 aromatic heterocycles. The molecule has 0 bridgehead atoms. The van der Waals surface area contributed by atoms with E-state index in [1.165, 1.54) is 5.56 Å². The Morgan fingerprint density at radius 1 is 1.00 bits per heavy atom. The number of anilines is 1. The Hall–Kier alpha value is -3.99. The Morgan fingerprint density at radius 2 is 1.79 bits per heavy atom. The number of amides is 2. The van der Waals surface area contributed by atoms with Gasteiger partial charge in [-0.05, 0) is 73.9 Å². The molecule has 5 heteroatoms. The number of nitrogens with one attached hydrogen (secondary N) is 1. The minimum atomic E-state index is -0.260. The van der Waals surface area contributed by atoms with Crippen LogP contribution in [0.15, 0.2) is 85.1 Å². The summed E-state index contributed by atoms with van der Waals surface area (Å²) in [5.74, 6) is 0.824. The van der Waals surface area contributed by atoms with E-state index in [2.05, 4.69) is 59.4 Å². The third-order valence-electron chi connectivity index (χ3n) is 6.36. The Bertz CT molecular complexity index is 1320. The van der Waals surface area contributed by atoms with Crippen LogP contribution in [0.25, 0.3) is 5.69 Å². The molecule has 0 saturated heterocycles. The van der Waals surface area contributed by atoms with Gasteiger partial charge in [-0.2, -0.15) is 0 Å².